The van der Waals surface area contributed by atoms with Gasteiger partial charge < -0.3 is 4.90 Å². The Labute approximate surface area is 155 Å². The molecule has 8 heteroatoms. The van der Waals surface area contributed by atoms with Crippen LogP contribution in [0.25, 0.3) is 0 Å². The molecule has 7 nitrogen and oxygen atoms in total. The van der Waals surface area contributed by atoms with Gasteiger partial charge in [-0.15, -0.1) is 0 Å². The third-order valence-electron chi connectivity index (χ3n) is 6.25. The summed E-state index contributed by atoms with van der Waals surface area (Å²) in [6, 6.07) is 0.288. The third kappa shape index (κ3) is 3.69. The monoisotopic (exact) mass is 383 g/mol. The molecule has 2 saturated carbocycles. The highest BCUT2D eigenvalue weighted by atomic mass is 32.2. The lowest BCUT2D eigenvalue weighted by Crippen LogP contribution is -2.49. The Bertz CT molecular complexity index is 703. The first-order valence-electron chi connectivity index (χ1n) is 9.68. The zero-order chi connectivity index (χ0) is 18.5. The van der Waals surface area contributed by atoms with Crippen LogP contribution < -0.4 is 10.2 Å². The molecule has 3 fully saturated rings. The van der Waals surface area contributed by atoms with Crippen molar-refractivity contribution in [2.45, 2.75) is 75.3 Å². The number of fused-ring (bicyclic) bond motifs is 1. The summed E-state index contributed by atoms with van der Waals surface area (Å²) in [6.45, 7) is 4.51. The second kappa shape index (κ2) is 6.58. The first-order chi connectivity index (χ1) is 12.3. The predicted molar refractivity (Wildman–Crippen MR) is 97.3 cm³/mol. The van der Waals surface area contributed by atoms with Gasteiger partial charge in [0.15, 0.2) is 0 Å². The summed E-state index contributed by atoms with van der Waals surface area (Å²) in [6.07, 6.45) is 8.38. The lowest BCUT2D eigenvalue weighted by atomic mass is 9.76. The molecule has 2 N–H and O–H groups in total. The fourth-order valence-electron chi connectivity index (χ4n) is 4.35. The normalized spacial score (nSPS) is 39.1. The Hall–Kier alpha value is -0.960. The topological polar surface area (TPSA) is 87.7 Å². The average Bonchev–Trinajstić information content (AvgIpc) is 3.15. The second-order valence-corrected chi connectivity index (χ2v) is 10.7. The minimum Gasteiger partial charge on any atom is -0.316 e. The van der Waals surface area contributed by atoms with Crippen molar-refractivity contribution in [3.63, 3.8) is 0 Å². The van der Waals surface area contributed by atoms with Gasteiger partial charge >= 0.3 is 0 Å². The molecule has 26 heavy (non-hydrogen) atoms. The van der Waals surface area contributed by atoms with E-state index in [0.29, 0.717) is 19.4 Å². The van der Waals surface area contributed by atoms with Crippen molar-refractivity contribution in [1.29, 1.82) is 0 Å². The van der Waals surface area contributed by atoms with Gasteiger partial charge in [0.05, 0.1) is 17.9 Å². The van der Waals surface area contributed by atoms with Crippen LogP contribution >= 0.6 is 0 Å². The molecule has 0 spiro atoms. The first kappa shape index (κ1) is 18.4. The van der Waals surface area contributed by atoms with Crippen LogP contribution in [-0.4, -0.2) is 48.7 Å². The maximum Gasteiger partial charge on any atom is 0.230 e. The average molecular weight is 384 g/mol. The van der Waals surface area contributed by atoms with Gasteiger partial charge in [0.25, 0.3) is 0 Å². The molecule has 0 radical (unpaired) electrons. The van der Waals surface area contributed by atoms with E-state index in [4.69, 9.17) is 4.84 Å². The Morgan fingerprint density at radius 2 is 2.12 bits per heavy atom. The van der Waals surface area contributed by atoms with Crippen molar-refractivity contribution < 1.29 is 18.0 Å². The van der Waals surface area contributed by atoms with Gasteiger partial charge in [-0.2, -0.15) is 5.48 Å². The number of carbonyl (C=O) groups excluding carboxylic acids is 1. The van der Waals surface area contributed by atoms with E-state index in [9.17, 15) is 13.2 Å². The number of nitrogens with one attached hydrogen (secondary N) is 2. The number of hydroxylamine groups is 1. The molecule has 1 amide bonds. The molecule has 0 aromatic rings. The molecule has 4 rings (SSSR count). The molecule has 5 atom stereocenters. The van der Waals surface area contributed by atoms with Crippen LogP contribution in [-0.2, 0) is 19.7 Å². The zero-order valence-corrected chi connectivity index (χ0v) is 16.3. The number of nitrogens with zero attached hydrogens (tertiary/aromatic N) is 1. The molecule has 0 aromatic heterocycles. The Kier molecular flexibility index (Phi) is 4.66. The van der Waals surface area contributed by atoms with Gasteiger partial charge in [-0.1, -0.05) is 6.08 Å². The molecule has 2 heterocycles. The minimum atomic E-state index is -3.38. The number of hydrogen-bond donors (Lipinski definition) is 2. The fraction of sp³-hybridized carbons (Fsp3) is 0.833. The van der Waals surface area contributed by atoms with Crippen LogP contribution in [0.5, 0.6) is 0 Å². The molecule has 0 bridgehead atoms. The van der Waals surface area contributed by atoms with Crippen LogP contribution in [0.15, 0.2) is 12.3 Å². The van der Waals surface area contributed by atoms with Crippen molar-refractivity contribution in [3.8, 4) is 0 Å². The van der Waals surface area contributed by atoms with Gasteiger partial charge in [0, 0.05) is 23.7 Å². The van der Waals surface area contributed by atoms with Crippen LogP contribution in [0.1, 0.15) is 52.4 Å². The molecule has 5 unspecified atom stereocenters. The summed E-state index contributed by atoms with van der Waals surface area (Å²) in [4.78, 5) is 20.2. The number of sulfonamides is 1. The molecule has 4 aliphatic rings. The Morgan fingerprint density at radius 3 is 2.77 bits per heavy atom. The number of rotatable bonds is 5. The second-order valence-electron chi connectivity index (χ2n) is 8.74. The molecule has 2 aliphatic heterocycles. The van der Waals surface area contributed by atoms with E-state index < -0.39 is 15.3 Å². The fourth-order valence-corrected chi connectivity index (χ4v) is 6.32. The molecule has 146 valence electrons. The molecule has 0 aromatic carbocycles. The van der Waals surface area contributed by atoms with E-state index in [0.717, 1.165) is 25.7 Å². The van der Waals surface area contributed by atoms with Crippen LogP contribution in [0.3, 0.4) is 0 Å². The van der Waals surface area contributed by atoms with Crippen molar-refractivity contribution in [3.05, 3.63) is 12.3 Å². The standard InChI is InChI=1S/C18H29N3O4S/c1-12-9-14(25-19-12)11-21-8-5-13-3-4-15(10-16(13)17(21)22)26(23,24)20-18(2)6-7-18/h5,8,12-16,19-20H,3-4,6-7,9-11H2,1-2H3. The summed E-state index contributed by atoms with van der Waals surface area (Å²) in [7, 11) is -3.38. The van der Waals surface area contributed by atoms with Crippen molar-refractivity contribution in [2.24, 2.45) is 11.8 Å². The van der Waals surface area contributed by atoms with Crippen molar-refractivity contribution >= 4 is 15.9 Å². The van der Waals surface area contributed by atoms with E-state index >= 15 is 0 Å². The van der Waals surface area contributed by atoms with E-state index in [1.54, 1.807) is 4.90 Å². The number of hydrogen-bond acceptors (Lipinski definition) is 5. The van der Waals surface area contributed by atoms with Gasteiger partial charge in [-0.05, 0) is 58.3 Å². The Balaban J connectivity index is 1.42. The largest absolute Gasteiger partial charge is 0.316 e. The number of carbonyl (C=O) groups is 1. The highest BCUT2D eigenvalue weighted by molar-refractivity contribution is 7.90. The van der Waals surface area contributed by atoms with Gasteiger partial charge in [-0.3, -0.25) is 9.63 Å². The molecular formula is C18H29N3O4S. The van der Waals surface area contributed by atoms with Crippen LogP contribution in [0.2, 0.25) is 0 Å². The smallest absolute Gasteiger partial charge is 0.230 e. The quantitative estimate of drug-likeness (QED) is 0.747. The molecule has 2 aliphatic carbocycles. The van der Waals surface area contributed by atoms with E-state index in [2.05, 4.69) is 16.3 Å². The summed E-state index contributed by atoms with van der Waals surface area (Å²) < 4.78 is 28.3. The van der Waals surface area contributed by atoms with Crippen LogP contribution in [0.4, 0.5) is 0 Å². The third-order valence-corrected chi connectivity index (χ3v) is 8.33. The minimum absolute atomic E-state index is 0.0187. The van der Waals surface area contributed by atoms with Crippen LogP contribution in [0, 0.1) is 11.8 Å². The van der Waals surface area contributed by atoms with E-state index in [1.807, 2.05) is 20.0 Å². The molecule has 1 saturated heterocycles. The lowest BCUT2D eigenvalue weighted by molar-refractivity contribution is -0.138. The summed E-state index contributed by atoms with van der Waals surface area (Å²) >= 11 is 0. The summed E-state index contributed by atoms with van der Waals surface area (Å²) in [5, 5.41) is -0.470. The first-order valence-corrected chi connectivity index (χ1v) is 11.2. The highest BCUT2D eigenvalue weighted by Gasteiger charge is 2.47. The lowest BCUT2D eigenvalue weighted by Gasteiger charge is -2.39. The summed E-state index contributed by atoms with van der Waals surface area (Å²) in [5.74, 6) is -0.0458. The van der Waals surface area contributed by atoms with Gasteiger partial charge in [0.1, 0.15) is 0 Å². The van der Waals surface area contributed by atoms with Gasteiger partial charge in [0.2, 0.25) is 15.9 Å². The van der Waals surface area contributed by atoms with E-state index in [1.165, 1.54) is 0 Å². The maximum absolute atomic E-state index is 13.0. The SMILES string of the molecule is CC1CC(CN2C=CC3CCC(S(=O)(=O)NC4(C)CC4)CC3C2=O)ON1. The number of allylic oxidation sites excluding steroid dienone is 1. The predicted octanol–water partition coefficient (Wildman–Crippen LogP) is 1.28. The zero-order valence-electron chi connectivity index (χ0n) is 15.5. The highest BCUT2D eigenvalue weighted by Crippen LogP contribution is 2.40. The molecular weight excluding hydrogens is 354 g/mol. The van der Waals surface area contributed by atoms with Crippen molar-refractivity contribution in [1.82, 2.24) is 15.1 Å². The Morgan fingerprint density at radius 1 is 1.35 bits per heavy atom. The maximum atomic E-state index is 13.0. The summed E-state index contributed by atoms with van der Waals surface area (Å²) in [5.41, 5.74) is 2.67. The van der Waals surface area contributed by atoms with E-state index in [-0.39, 0.29) is 35.4 Å². The van der Waals surface area contributed by atoms with Crippen molar-refractivity contribution in [2.75, 3.05) is 6.54 Å². The van der Waals surface area contributed by atoms with Gasteiger partial charge in [-0.25, -0.2) is 13.1 Å². The number of amides is 1.